The number of alkyl halides is 4. The minimum Gasteiger partial charge on any atom is -0.461 e. The Morgan fingerprint density at radius 2 is 1.95 bits per heavy atom. The van der Waals surface area contributed by atoms with Gasteiger partial charge in [-0.15, -0.1) is 0 Å². The fourth-order valence-electron chi connectivity index (χ4n) is 7.45. The zero-order valence-corrected chi connectivity index (χ0v) is 24.3. The van der Waals surface area contributed by atoms with Gasteiger partial charge in [0.2, 0.25) is 0 Å². The Labute approximate surface area is 249 Å². The third-order valence-corrected chi connectivity index (χ3v) is 9.87. The van der Waals surface area contributed by atoms with Crippen molar-refractivity contribution < 1.29 is 26.7 Å². The summed E-state index contributed by atoms with van der Waals surface area (Å²) < 4.78 is 79.6. The van der Waals surface area contributed by atoms with E-state index in [9.17, 15) is 17.6 Å². The molecule has 4 aliphatic heterocycles. The van der Waals surface area contributed by atoms with Crippen molar-refractivity contribution in [2.45, 2.75) is 50.5 Å². The van der Waals surface area contributed by atoms with Gasteiger partial charge in [-0.1, -0.05) is 11.6 Å². The van der Waals surface area contributed by atoms with Gasteiger partial charge in [0.05, 0.1) is 27.4 Å². The number of benzene rings is 1. The summed E-state index contributed by atoms with van der Waals surface area (Å²) in [6.07, 6.45) is -2.93. The molecular formula is C29H31ClF5N7O. The quantitative estimate of drug-likeness (QED) is 0.377. The summed E-state index contributed by atoms with van der Waals surface area (Å²) in [5.74, 6) is -0.897. The largest absolute Gasteiger partial charge is 0.461 e. The Bertz CT molecular complexity index is 1620. The standard InChI is InChI=1S/C29H31ClF5N7O/c1-15-7-19(36)38-24(21(15)29(33,34)35)20-18(30)8-17-23(22(20)32)39-26(40-25(17)41-6-4-27(13-41)11-37-12-27)43-14-28-3-2-5-42(28)10-16(31)9-28/h7-8,16,37H,2-6,9-14H2,1H3,(H2,36,38)/t16-,28?/m1/s1. The van der Waals surface area contributed by atoms with Gasteiger partial charge in [-0.2, -0.15) is 23.1 Å². The maximum Gasteiger partial charge on any atom is 0.418 e. The summed E-state index contributed by atoms with van der Waals surface area (Å²) >= 11 is 6.56. The minimum atomic E-state index is -4.85. The van der Waals surface area contributed by atoms with Crippen LogP contribution in [0, 0.1) is 18.2 Å². The van der Waals surface area contributed by atoms with Crippen LogP contribution in [0.5, 0.6) is 6.01 Å². The monoisotopic (exact) mass is 623 g/mol. The molecule has 0 bridgehead atoms. The number of halogens is 6. The highest BCUT2D eigenvalue weighted by atomic mass is 35.5. The van der Waals surface area contributed by atoms with Crippen molar-refractivity contribution in [3.05, 3.63) is 34.1 Å². The van der Waals surface area contributed by atoms with Gasteiger partial charge in [0.25, 0.3) is 0 Å². The van der Waals surface area contributed by atoms with Crippen LogP contribution in [0.3, 0.4) is 0 Å². The first-order valence-corrected chi connectivity index (χ1v) is 14.8. The molecule has 4 saturated heterocycles. The molecule has 0 saturated carbocycles. The predicted octanol–water partition coefficient (Wildman–Crippen LogP) is 5.15. The van der Waals surface area contributed by atoms with Crippen molar-refractivity contribution in [1.29, 1.82) is 0 Å². The smallest absolute Gasteiger partial charge is 0.418 e. The van der Waals surface area contributed by atoms with E-state index in [0.29, 0.717) is 31.9 Å². The van der Waals surface area contributed by atoms with Crippen LogP contribution in [0.1, 0.15) is 36.8 Å². The lowest BCUT2D eigenvalue weighted by atomic mass is 9.81. The zero-order valence-electron chi connectivity index (χ0n) is 23.5. The number of nitrogens with one attached hydrogen (secondary N) is 1. The molecule has 43 heavy (non-hydrogen) atoms. The number of rotatable bonds is 5. The first-order chi connectivity index (χ1) is 20.4. The van der Waals surface area contributed by atoms with Crippen molar-refractivity contribution in [3.63, 3.8) is 0 Å². The molecule has 2 aromatic heterocycles. The molecule has 8 nitrogen and oxygen atoms in total. The van der Waals surface area contributed by atoms with E-state index in [1.54, 1.807) is 0 Å². The molecular weight excluding hydrogens is 593 g/mol. The molecule has 1 aromatic carbocycles. The molecule has 3 aromatic rings. The van der Waals surface area contributed by atoms with Crippen LogP contribution in [0.2, 0.25) is 5.02 Å². The van der Waals surface area contributed by atoms with E-state index in [2.05, 4.69) is 25.2 Å². The number of hydrogen-bond donors (Lipinski definition) is 2. The Kier molecular flexibility index (Phi) is 6.68. The van der Waals surface area contributed by atoms with Gasteiger partial charge in [0.1, 0.15) is 29.9 Å². The third kappa shape index (κ3) is 4.74. The second-order valence-electron chi connectivity index (χ2n) is 12.5. The Balaban J connectivity index is 1.37. The molecule has 0 radical (unpaired) electrons. The van der Waals surface area contributed by atoms with E-state index in [-0.39, 0.29) is 45.3 Å². The summed E-state index contributed by atoms with van der Waals surface area (Å²) in [6.45, 7) is 5.44. The van der Waals surface area contributed by atoms with Crippen molar-refractivity contribution >= 4 is 34.1 Å². The SMILES string of the molecule is Cc1cc(N)nc(-c2c(Cl)cc3c(N4CCC5(CNC5)C4)nc(OCC45CCCN4C[C@H](F)C5)nc3c2F)c1C(F)(F)F. The molecule has 14 heteroatoms. The molecule has 0 aliphatic carbocycles. The van der Waals surface area contributed by atoms with Crippen molar-refractivity contribution in [2.75, 3.05) is 56.5 Å². The van der Waals surface area contributed by atoms with Gasteiger partial charge in [-0.05, 0) is 50.4 Å². The first kappa shape index (κ1) is 28.7. The van der Waals surface area contributed by atoms with Crippen LogP contribution in [0.15, 0.2) is 12.1 Å². The Morgan fingerprint density at radius 3 is 2.65 bits per heavy atom. The number of hydrogen-bond acceptors (Lipinski definition) is 8. The van der Waals surface area contributed by atoms with Crippen LogP contribution in [-0.2, 0) is 6.18 Å². The van der Waals surface area contributed by atoms with E-state index in [1.165, 1.54) is 13.0 Å². The van der Waals surface area contributed by atoms with Crippen LogP contribution < -0.4 is 20.7 Å². The number of anilines is 2. The second-order valence-corrected chi connectivity index (χ2v) is 12.9. The molecule has 0 amide bonds. The van der Waals surface area contributed by atoms with Crippen LogP contribution in [0.25, 0.3) is 22.2 Å². The third-order valence-electron chi connectivity index (χ3n) is 9.57. The summed E-state index contributed by atoms with van der Waals surface area (Å²) in [5, 5.41) is 3.28. The number of nitrogens with zero attached hydrogens (tertiary/aromatic N) is 5. The molecule has 230 valence electrons. The summed E-state index contributed by atoms with van der Waals surface area (Å²) in [7, 11) is 0. The Morgan fingerprint density at radius 1 is 1.16 bits per heavy atom. The minimum absolute atomic E-state index is 0.0640. The molecule has 4 aliphatic rings. The van der Waals surface area contributed by atoms with Gasteiger partial charge in [0, 0.05) is 49.9 Å². The summed E-state index contributed by atoms with van der Waals surface area (Å²) in [4.78, 5) is 17.1. The highest BCUT2D eigenvalue weighted by Gasteiger charge is 2.50. The molecule has 1 spiro atoms. The van der Waals surface area contributed by atoms with Gasteiger partial charge >= 0.3 is 12.2 Å². The topological polar surface area (TPSA) is 92.4 Å². The number of nitrogens with two attached hydrogens (primary N) is 1. The van der Waals surface area contributed by atoms with Gasteiger partial charge in [0.15, 0.2) is 5.82 Å². The summed E-state index contributed by atoms with van der Waals surface area (Å²) in [5.41, 5.74) is 2.54. The van der Waals surface area contributed by atoms with Gasteiger partial charge in [-0.3, -0.25) is 4.90 Å². The normalized spacial score (nSPS) is 25.1. The zero-order chi connectivity index (χ0) is 30.3. The average molecular weight is 624 g/mol. The van der Waals surface area contributed by atoms with E-state index in [1.807, 2.05) is 4.90 Å². The van der Waals surface area contributed by atoms with E-state index in [0.717, 1.165) is 45.0 Å². The fraction of sp³-hybridized carbons (Fsp3) is 0.552. The van der Waals surface area contributed by atoms with Crippen molar-refractivity contribution in [2.24, 2.45) is 5.41 Å². The first-order valence-electron chi connectivity index (χ1n) is 14.4. The molecule has 6 heterocycles. The number of ether oxygens (including phenoxy) is 1. The maximum absolute atomic E-state index is 16.6. The highest BCUT2D eigenvalue weighted by Crippen LogP contribution is 2.46. The number of nitrogen functional groups attached to an aromatic ring is 1. The lowest BCUT2D eigenvalue weighted by Gasteiger charge is -2.39. The average Bonchev–Trinajstić information content (AvgIpc) is 3.59. The summed E-state index contributed by atoms with van der Waals surface area (Å²) in [6, 6.07) is 2.35. The molecule has 4 fully saturated rings. The molecule has 3 N–H and O–H groups in total. The maximum atomic E-state index is 16.6. The van der Waals surface area contributed by atoms with Crippen molar-refractivity contribution in [3.8, 4) is 17.3 Å². The van der Waals surface area contributed by atoms with E-state index >= 15 is 4.39 Å². The van der Waals surface area contributed by atoms with Crippen LogP contribution in [0.4, 0.5) is 33.6 Å². The van der Waals surface area contributed by atoms with Crippen LogP contribution in [-0.4, -0.2) is 77.4 Å². The number of fused-ring (bicyclic) bond motifs is 2. The Hall–Kier alpha value is -3.03. The fourth-order valence-corrected chi connectivity index (χ4v) is 7.73. The predicted molar refractivity (Wildman–Crippen MR) is 153 cm³/mol. The lowest BCUT2D eigenvalue weighted by Crippen LogP contribution is -2.54. The number of aromatic nitrogens is 3. The number of pyridine rings is 1. The molecule has 1 unspecified atom stereocenters. The van der Waals surface area contributed by atoms with E-state index < -0.39 is 40.5 Å². The molecule has 7 rings (SSSR count). The van der Waals surface area contributed by atoms with Crippen molar-refractivity contribution in [1.82, 2.24) is 25.2 Å². The molecule has 2 atom stereocenters. The second kappa shape index (κ2) is 10.00. The van der Waals surface area contributed by atoms with E-state index in [4.69, 9.17) is 22.1 Å². The highest BCUT2D eigenvalue weighted by molar-refractivity contribution is 6.34. The lowest BCUT2D eigenvalue weighted by molar-refractivity contribution is -0.137. The van der Waals surface area contributed by atoms with Gasteiger partial charge in [-0.25, -0.2) is 13.8 Å². The van der Waals surface area contributed by atoms with Crippen LogP contribution >= 0.6 is 11.6 Å². The van der Waals surface area contributed by atoms with Gasteiger partial charge < -0.3 is 20.7 Å². The number of aryl methyl sites for hydroxylation is 1.